The molecule has 2 aromatic carbocycles. The Morgan fingerprint density at radius 2 is 1.85 bits per heavy atom. The average molecular weight is 371 g/mol. The number of hydrogen-bond donors (Lipinski definition) is 1. The molecule has 0 fully saturated rings. The highest BCUT2D eigenvalue weighted by Gasteiger charge is 2.09. The van der Waals surface area contributed by atoms with Crippen molar-refractivity contribution in [1.29, 1.82) is 0 Å². The van der Waals surface area contributed by atoms with Crippen LogP contribution in [0.2, 0.25) is 5.02 Å². The second kappa shape index (κ2) is 7.51. The largest absolute Gasteiger partial charge is 0.310 e. The fourth-order valence-corrected chi connectivity index (χ4v) is 3.28. The van der Waals surface area contributed by atoms with E-state index in [2.05, 4.69) is 65.4 Å². The number of nitrogens with one attached hydrogen (secondary N) is 1. The van der Waals surface area contributed by atoms with Crippen LogP contribution in [0, 0.1) is 0 Å². The maximum absolute atomic E-state index is 6.34. The van der Waals surface area contributed by atoms with Crippen molar-refractivity contribution in [3.05, 3.63) is 57.5 Å². The summed E-state index contributed by atoms with van der Waals surface area (Å²) < 4.78 is 1.09. The van der Waals surface area contributed by atoms with Gasteiger partial charge in [-0.25, -0.2) is 0 Å². The monoisotopic (exact) mass is 369 g/mol. The fourth-order valence-electron chi connectivity index (χ4n) is 1.74. The Morgan fingerprint density at radius 1 is 1.15 bits per heavy atom. The van der Waals surface area contributed by atoms with Gasteiger partial charge < -0.3 is 5.32 Å². The van der Waals surface area contributed by atoms with Gasteiger partial charge in [0, 0.05) is 31.9 Å². The van der Waals surface area contributed by atoms with Crippen LogP contribution in [0.5, 0.6) is 0 Å². The lowest BCUT2D eigenvalue weighted by Crippen LogP contribution is -2.22. The van der Waals surface area contributed by atoms with Gasteiger partial charge >= 0.3 is 0 Å². The van der Waals surface area contributed by atoms with Crippen molar-refractivity contribution in [2.45, 2.75) is 36.2 Å². The van der Waals surface area contributed by atoms with E-state index in [0.29, 0.717) is 6.04 Å². The van der Waals surface area contributed by atoms with Gasteiger partial charge in [-0.15, -0.1) is 0 Å². The van der Waals surface area contributed by atoms with Crippen molar-refractivity contribution in [2.75, 3.05) is 0 Å². The molecule has 0 saturated carbocycles. The van der Waals surface area contributed by atoms with E-state index in [-0.39, 0.29) is 0 Å². The SMILES string of the molecule is CC(C)NCc1c(Cl)cccc1Sc1ccc(Br)cc1. The first-order valence-electron chi connectivity index (χ1n) is 6.50. The molecule has 1 nitrogen and oxygen atoms in total. The molecule has 0 aliphatic rings. The van der Waals surface area contributed by atoms with Gasteiger partial charge in [-0.1, -0.05) is 59.2 Å². The third-order valence-electron chi connectivity index (χ3n) is 2.80. The summed E-state index contributed by atoms with van der Waals surface area (Å²) in [7, 11) is 0. The summed E-state index contributed by atoms with van der Waals surface area (Å²) >= 11 is 11.5. The molecule has 1 N–H and O–H groups in total. The van der Waals surface area contributed by atoms with E-state index >= 15 is 0 Å². The van der Waals surface area contributed by atoms with Gasteiger partial charge in [-0.2, -0.15) is 0 Å². The van der Waals surface area contributed by atoms with E-state index in [0.717, 1.165) is 21.6 Å². The summed E-state index contributed by atoms with van der Waals surface area (Å²) in [5.74, 6) is 0. The molecule has 0 unspecified atom stereocenters. The Morgan fingerprint density at radius 3 is 2.50 bits per heavy atom. The summed E-state index contributed by atoms with van der Waals surface area (Å²) in [6, 6.07) is 14.8. The third-order valence-corrected chi connectivity index (χ3v) is 4.80. The maximum Gasteiger partial charge on any atom is 0.0462 e. The first-order valence-corrected chi connectivity index (χ1v) is 8.49. The van der Waals surface area contributed by atoms with Crippen LogP contribution in [0.4, 0.5) is 0 Å². The minimum Gasteiger partial charge on any atom is -0.310 e. The van der Waals surface area contributed by atoms with Crippen molar-refractivity contribution in [3.8, 4) is 0 Å². The van der Waals surface area contributed by atoms with Gasteiger partial charge in [0.25, 0.3) is 0 Å². The third kappa shape index (κ3) is 4.52. The first kappa shape index (κ1) is 15.9. The van der Waals surface area contributed by atoms with Crippen LogP contribution in [0.3, 0.4) is 0 Å². The summed E-state index contributed by atoms with van der Waals surface area (Å²) in [6.07, 6.45) is 0. The molecule has 0 bridgehead atoms. The van der Waals surface area contributed by atoms with Crippen molar-refractivity contribution in [2.24, 2.45) is 0 Å². The van der Waals surface area contributed by atoms with Gasteiger partial charge in [-0.3, -0.25) is 0 Å². The Kier molecular flexibility index (Phi) is 5.97. The van der Waals surface area contributed by atoms with Crippen molar-refractivity contribution in [1.82, 2.24) is 5.32 Å². The number of rotatable bonds is 5. The van der Waals surface area contributed by atoms with Crippen LogP contribution in [0.25, 0.3) is 0 Å². The van der Waals surface area contributed by atoms with Crippen molar-refractivity contribution < 1.29 is 0 Å². The Labute approximate surface area is 138 Å². The molecule has 0 amide bonds. The lowest BCUT2D eigenvalue weighted by molar-refractivity contribution is 0.585. The summed E-state index contributed by atoms with van der Waals surface area (Å²) in [5, 5.41) is 4.25. The molecule has 2 rings (SSSR count). The standard InChI is InChI=1S/C16H17BrClNS/c1-11(2)19-10-14-15(18)4-3-5-16(14)20-13-8-6-12(17)7-9-13/h3-9,11,19H,10H2,1-2H3. The minimum absolute atomic E-state index is 0.441. The van der Waals surface area contributed by atoms with E-state index < -0.39 is 0 Å². The molecule has 0 saturated heterocycles. The zero-order valence-electron chi connectivity index (χ0n) is 11.5. The molecule has 0 heterocycles. The highest BCUT2D eigenvalue weighted by atomic mass is 79.9. The first-order chi connectivity index (χ1) is 9.56. The molecule has 106 valence electrons. The van der Waals surface area contributed by atoms with Crippen LogP contribution in [0.15, 0.2) is 56.7 Å². The number of hydrogen-bond acceptors (Lipinski definition) is 2. The predicted molar refractivity (Wildman–Crippen MR) is 91.7 cm³/mol. The fraction of sp³-hybridized carbons (Fsp3) is 0.250. The Hall–Kier alpha value is -0.480. The number of benzene rings is 2. The smallest absolute Gasteiger partial charge is 0.0462 e. The molecule has 0 aliphatic carbocycles. The van der Waals surface area contributed by atoms with Gasteiger partial charge in [0.05, 0.1) is 0 Å². The van der Waals surface area contributed by atoms with Crippen LogP contribution < -0.4 is 5.32 Å². The second-order valence-corrected chi connectivity index (χ2v) is 7.25. The molecule has 20 heavy (non-hydrogen) atoms. The zero-order valence-corrected chi connectivity index (χ0v) is 14.6. The molecule has 0 radical (unpaired) electrons. The molecule has 0 aliphatic heterocycles. The maximum atomic E-state index is 6.34. The van der Waals surface area contributed by atoms with Gasteiger partial charge in [0.15, 0.2) is 0 Å². The topological polar surface area (TPSA) is 12.0 Å². The van der Waals surface area contributed by atoms with E-state index in [1.807, 2.05) is 12.1 Å². The lowest BCUT2D eigenvalue weighted by Gasteiger charge is -2.14. The summed E-state index contributed by atoms with van der Waals surface area (Å²) in [4.78, 5) is 2.41. The Bertz CT molecular complexity index is 569. The van der Waals surface area contributed by atoms with Crippen LogP contribution in [-0.4, -0.2) is 6.04 Å². The molecule has 0 aromatic heterocycles. The van der Waals surface area contributed by atoms with E-state index in [4.69, 9.17) is 11.6 Å². The van der Waals surface area contributed by atoms with Crippen molar-refractivity contribution >= 4 is 39.3 Å². The average Bonchev–Trinajstić information content (AvgIpc) is 2.40. The van der Waals surface area contributed by atoms with Gasteiger partial charge in [0.1, 0.15) is 0 Å². The Balaban J connectivity index is 2.22. The quantitative estimate of drug-likeness (QED) is 0.719. The van der Waals surface area contributed by atoms with Crippen LogP contribution >= 0.6 is 39.3 Å². The minimum atomic E-state index is 0.441. The van der Waals surface area contributed by atoms with E-state index in [9.17, 15) is 0 Å². The normalized spacial score (nSPS) is 11.1. The predicted octanol–water partition coefficient (Wildman–Crippen LogP) is 5.75. The van der Waals surface area contributed by atoms with Gasteiger partial charge in [0.2, 0.25) is 0 Å². The highest BCUT2D eigenvalue weighted by molar-refractivity contribution is 9.10. The number of halogens is 2. The molecule has 2 aromatic rings. The summed E-state index contributed by atoms with van der Waals surface area (Å²) in [6.45, 7) is 5.06. The molecule has 0 spiro atoms. The van der Waals surface area contributed by atoms with Crippen LogP contribution in [-0.2, 0) is 6.54 Å². The molecular weight excluding hydrogens is 354 g/mol. The van der Waals surface area contributed by atoms with Crippen LogP contribution in [0.1, 0.15) is 19.4 Å². The molecule has 0 atom stereocenters. The molecule has 4 heteroatoms. The summed E-state index contributed by atoms with van der Waals surface area (Å²) in [5.41, 5.74) is 1.16. The van der Waals surface area contributed by atoms with Crippen molar-refractivity contribution in [3.63, 3.8) is 0 Å². The van der Waals surface area contributed by atoms with Gasteiger partial charge in [-0.05, 0) is 42.0 Å². The van der Waals surface area contributed by atoms with E-state index in [1.54, 1.807) is 11.8 Å². The van der Waals surface area contributed by atoms with E-state index in [1.165, 1.54) is 9.79 Å². The highest BCUT2D eigenvalue weighted by Crippen LogP contribution is 2.34. The molecular formula is C16H17BrClNS. The lowest BCUT2D eigenvalue weighted by atomic mass is 10.2. The second-order valence-electron chi connectivity index (χ2n) is 4.81. The zero-order chi connectivity index (χ0) is 14.5.